The predicted octanol–water partition coefficient (Wildman–Crippen LogP) is -0.406. The third kappa shape index (κ3) is 4.47. The van der Waals surface area contributed by atoms with E-state index in [0.717, 1.165) is 0 Å². The number of rotatable bonds is 5. The van der Waals surface area contributed by atoms with E-state index < -0.39 is 0 Å². The Hall–Kier alpha value is -0.650. The Bertz CT molecular complexity index is 215. The van der Waals surface area contributed by atoms with Crippen LogP contribution in [0.15, 0.2) is 0 Å². The third-order valence-electron chi connectivity index (χ3n) is 2.71. The van der Waals surface area contributed by atoms with E-state index in [-0.39, 0.29) is 18.1 Å². The van der Waals surface area contributed by atoms with Gasteiger partial charge in [0.2, 0.25) is 5.91 Å². The molecule has 0 bridgehead atoms. The van der Waals surface area contributed by atoms with Crippen molar-refractivity contribution in [3.8, 4) is 0 Å². The highest BCUT2D eigenvalue weighted by Gasteiger charge is 2.21. The first-order valence-corrected chi connectivity index (χ1v) is 5.89. The molecule has 94 valence electrons. The quantitative estimate of drug-likeness (QED) is 0.674. The van der Waals surface area contributed by atoms with Crippen molar-refractivity contribution < 1.29 is 14.6 Å². The number of ether oxygens (including phenoxy) is 1. The molecule has 0 aromatic carbocycles. The molecule has 0 radical (unpaired) electrons. The average molecular weight is 230 g/mol. The Balaban J connectivity index is 2.23. The lowest BCUT2D eigenvalue weighted by Crippen LogP contribution is -2.49. The van der Waals surface area contributed by atoms with E-state index in [2.05, 4.69) is 5.32 Å². The van der Waals surface area contributed by atoms with E-state index in [0.29, 0.717) is 39.3 Å². The molecule has 0 spiro atoms. The normalized spacial score (nSPS) is 20.6. The van der Waals surface area contributed by atoms with Crippen molar-refractivity contribution in [2.24, 2.45) is 0 Å². The Morgan fingerprint density at radius 1 is 1.44 bits per heavy atom. The number of morpholine rings is 1. The van der Waals surface area contributed by atoms with Gasteiger partial charge < -0.3 is 20.1 Å². The predicted molar refractivity (Wildman–Crippen MR) is 61.2 cm³/mol. The van der Waals surface area contributed by atoms with E-state index in [1.807, 2.05) is 11.8 Å². The van der Waals surface area contributed by atoms with Crippen molar-refractivity contribution in [1.82, 2.24) is 10.2 Å². The number of hydrogen-bond donors (Lipinski definition) is 2. The maximum Gasteiger partial charge on any atom is 0.239 e. The van der Waals surface area contributed by atoms with E-state index in [1.54, 1.807) is 6.92 Å². The van der Waals surface area contributed by atoms with Gasteiger partial charge in [-0.2, -0.15) is 0 Å². The molecule has 1 heterocycles. The number of hydrogen-bond acceptors (Lipinski definition) is 4. The molecule has 0 aliphatic carbocycles. The summed E-state index contributed by atoms with van der Waals surface area (Å²) in [7, 11) is 0. The molecule has 1 rings (SSSR count). The fourth-order valence-electron chi connectivity index (χ4n) is 1.65. The molecular formula is C11H22N2O3. The van der Waals surface area contributed by atoms with Gasteiger partial charge in [0.25, 0.3) is 0 Å². The van der Waals surface area contributed by atoms with Crippen LogP contribution in [0.5, 0.6) is 0 Å². The second kappa shape index (κ2) is 6.83. The summed E-state index contributed by atoms with van der Waals surface area (Å²) >= 11 is 0. The van der Waals surface area contributed by atoms with Crippen molar-refractivity contribution in [3.05, 3.63) is 0 Å². The zero-order chi connectivity index (χ0) is 12.0. The molecule has 5 nitrogen and oxygen atoms in total. The number of amides is 1. The summed E-state index contributed by atoms with van der Waals surface area (Å²) in [6.07, 6.45) is 0.346. The fraction of sp³-hybridized carbons (Fsp3) is 0.909. The van der Waals surface area contributed by atoms with Crippen LogP contribution in [-0.4, -0.2) is 60.9 Å². The molecule has 0 aromatic heterocycles. The van der Waals surface area contributed by atoms with Crippen LogP contribution in [0.3, 0.4) is 0 Å². The van der Waals surface area contributed by atoms with Gasteiger partial charge in [-0.25, -0.2) is 0 Å². The van der Waals surface area contributed by atoms with Gasteiger partial charge in [0, 0.05) is 13.1 Å². The first kappa shape index (κ1) is 13.4. The molecule has 1 aliphatic rings. The topological polar surface area (TPSA) is 61.8 Å². The molecule has 2 unspecified atom stereocenters. The minimum atomic E-state index is -0.321. The van der Waals surface area contributed by atoms with Crippen molar-refractivity contribution in [2.75, 3.05) is 32.8 Å². The number of nitrogens with zero attached hydrogens (tertiary/aromatic N) is 1. The number of aliphatic hydroxyl groups excluding tert-OH is 1. The minimum absolute atomic E-state index is 0.119. The van der Waals surface area contributed by atoms with Crippen LogP contribution in [0.4, 0.5) is 0 Å². The molecule has 1 aliphatic heterocycles. The third-order valence-corrected chi connectivity index (χ3v) is 2.71. The van der Waals surface area contributed by atoms with Crippen molar-refractivity contribution in [1.29, 1.82) is 0 Å². The smallest absolute Gasteiger partial charge is 0.239 e. The van der Waals surface area contributed by atoms with Gasteiger partial charge in [-0.15, -0.1) is 0 Å². The molecule has 2 N–H and O–H groups in total. The lowest BCUT2D eigenvalue weighted by atomic mass is 10.2. The van der Waals surface area contributed by atoms with Gasteiger partial charge in [-0.1, -0.05) is 0 Å². The van der Waals surface area contributed by atoms with Crippen molar-refractivity contribution in [3.63, 3.8) is 0 Å². The summed E-state index contributed by atoms with van der Waals surface area (Å²) in [4.78, 5) is 13.7. The second-order valence-corrected chi connectivity index (χ2v) is 4.25. The van der Waals surface area contributed by atoms with Crippen LogP contribution in [-0.2, 0) is 9.53 Å². The van der Waals surface area contributed by atoms with Gasteiger partial charge in [-0.05, 0) is 26.8 Å². The number of carbonyl (C=O) groups excluding carboxylic acids is 1. The Morgan fingerprint density at radius 3 is 2.62 bits per heavy atom. The Morgan fingerprint density at radius 2 is 2.06 bits per heavy atom. The highest BCUT2D eigenvalue weighted by molar-refractivity contribution is 5.81. The first-order valence-electron chi connectivity index (χ1n) is 5.89. The molecule has 0 saturated carbocycles. The van der Waals surface area contributed by atoms with E-state index in [4.69, 9.17) is 9.84 Å². The zero-order valence-corrected chi connectivity index (χ0v) is 10.1. The summed E-state index contributed by atoms with van der Waals surface area (Å²) in [6, 6.07) is -0.183. The molecule has 1 amide bonds. The highest BCUT2D eigenvalue weighted by atomic mass is 16.5. The number of nitrogens with one attached hydrogen (secondary N) is 1. The van der Waals surface area contributed by atoms with Crippen molar-refractivity contribution in [2.45, 2.75) is 32.4 Å². The molecule has 2 atom stereocenters. The van der Waals surface area contributed by atoms with Crippen LogP contribution in [0.1, 0.15) is 20.3 Å². The van der Waals surface area contributed by atoms with Gasteiger partial charge in [0.05, 0.1) is 25.4 Å². The van der Waals surface area contributed by atoms with Gasteiger partial charge in [-0.3, -0.25) is 4.79 Å². The lowest BCUT2D eigenvalue weighted by Gasteiger charge is -2.29. The fourth-order valence-corrected chi connectivity index (χ4v) is 1.65. The van der Waals surface area contributed by atoms with E-state index in [9.17, 15) is 4.79 Å². The van der Waals surface area contributed by atoms with Gasteiger partial charge in [0.1, 0.15) is 0 Å². The maximum absolute atomic E-state index is 11.9. The van der Waals surface area contributed by atoms with E-state index in [1.165, 1.54) is 0 Å². The highest BCUT2D eigenvalue weighted by Crippen LogP contribution is 2.00. The molecule has 0 aromatic rings. The summed E-state index contributed by atoms with van der Waals surface area (Å²) in [5.41, 5.74) is 0. The van der Waals surface area contributed by atoms with Crippen LogP contribution in [0.25, 0.3) is 0 Å². The Kier molecular flexibility index (Phi) is 5.73. The SMILES string of the molecule is CC(O)CCNC(C)C(=O)N1CCOCC1. The van der Waals surface area contributed by atoms with Gasteiger partial charge >= 0.3 is 0 Å². The summed E-state index contributed by atoms with van der Waals surface area (Å²) in [6.45, 7) is 6.89. The molecule has 5 heteroatoms. The summed E-state index contributed by atoms with van der Waals surface area (Å²) < 4.78 is 5.19. The molecule has 1 fully saturated rings. The van der Waals surface area contributed by atoms with Gasteiger partial charge in [0.15, 0.2) is 0 Å². The largest absolute Gasteiger partial charge is 0.393 e. The first-order chi connectivity index (χ1) is 7.61. The second-order valence-electron chi connectivity index (χ2n) is 4.25. The van der Waals surface area contributed by atoms with Crippen LogP contribution in [0, 0.1) is 0 Å². The molecule has 16 heavy (non-hydrogen) atoms. The lowest BCUT2D eigenvalue weighted by molar-refractivity contribution is -0.137. The zero-order valence-electron chi connectivity index (χ0n) is 10.1. The Labute approximate surface area is 96.8 Å². The summed E-state index contributed by atoms with van der Waals surface area (Å²) in [5, 5.41) is 12.2. The monoisotopic (exact) mass is 230 g/mol. The average Bonchev–Trinajstić information content (AvgIpc) is 2.28. The minimum Gasteiger partial charge on any atom is -0.393 e. The molecule has 1 saturated heterocycles. The maximum atomic E-state index is 11.9. The number of aliphatic hydroxyl groups is 1. The van der Waals surface area contributed by atoms with Crippen molar-refractivity contribution >= 4 is 5.91 Å². The molecular weight excluding hydrogens is 208 g/mol. The summed E-state index contributed by atoms with van der Waals surface area (Å²) in [5.74, 6) is 0.119. The van der Waals surface area contributed by atoms with Crippen LogP contribution >= 0.6 is 0 Å². The standard InChI is InChI=1S/C11H22N2O3/c1-9(14)3-4-12-10(2)11(15)13-5-7-16-8-6-13/h9-10,12,14H,3-8H2,1-2H3. The van der Waals surface area contributed by atoms with Crippen LogP contribution in [0.2, 0.25) is 0 Å². The number of carbonyl (C=O) groups is 1. The van der Waals surface area contributed by atoms with Crippen LogP contribution < -0.4 is 5.32 Å². The van der Waals surface area contributed by atoms with E-state index >= 15 is 0 Å².